The van der Waals surface area contributed by atoms with Gasteiger partial charge in [0.2, 0.25) is 0 Å². The van der Waals surface area contributed by atoms with Crippen molar-refractivity contribution >= 4 is 11.7 Å². The maximum atomic E-state index is 12.7. The molecular weight excluding hydrogens is 256 g/mol. The van der Waals surface area contributed by atoms with Crippen LogP contribution in [0.3, 0.4) is 0 Å². The second kappa shape index (κ2) is 5.81. The van der Waals surface area contributed by atoms with Crippen LogP contribution in [0.15, 0.2) is 24.3 Å². The number of hydrogen-bond acceptors (Lipinski definition) is 3. The first-order valence-electron chi connectivity index (χ1n) is 7.18. The van der Waals surface area contributed by atoms with Gasteiger partial charge in [0.05, 0.1) is 25.0 Å². The van der Waals surface area contributed by atoms with Crippen LogP contribution >= 0.6 is 0 Å². The first-order valence-corrected chi connectivity index (χ1v) is 7.18. The van der Waals surface area contributed by atoms with Crippen LogP contribution in [0.5, 0.6) is 0 Å². The zero-order chi connectivity index (χ0) is 13.9. The van der Waals surface area contributed by atoms with Crippen molar-refractivity contribution in [3.8, 4) is 0 Å². The summed E-state index contributed by atoms with van der Waals surface area (Å²) in [6.45, 7) is 3.14. The molecule has 3 rings (SSSR count). The van der Waals surface area contributed by atoms with E-state index in [-0.39, 0.29) is 6.03 Å². The van der Waals surface area contributed by atoms with Gasteiger partial charge in [-0.2, -0.15) is 0 Å². The van der Waals surface area contributed by atoms with Crippen molar-refractivity contribution in [2.24, 2.45) is 0 Å². The molecule has 1 saturated heterocycles. The number of aliphatic hydroxyl groups excluding tert-OH is 1. The van der Waals surface area contributed by atoms with E-state index in [1.165, 1.54) is 0 Å². The smallest absolute Gasteiger partial charge is 0.324 e. The summed E-state index contributed by atoms with van der Waals surface area (Å²) in [6.07, 6.45) is 1.03. The third kappa shape index (κ3) is 2.51. The number of anilines is 1. The lowest BCUT2D eigenvalue weighted by Crippen LogP contribution is -2.48. The molecule has 20 heavy (non-hydrogen) atoms. The van der Waals surface area contributed by atoms with Crippen LogP contribution in [-0.4, -0.2) is 48.9 Å². The first-order chi connectivity index (χ1) is 9.77. The quantitative estimate of drug-likeness (QED) is 0.785. The van der Waals surface area contributed by atoms with Crippen LogP contribution in [0, 0.1) is 0 Å². The van der Waals surface area contributed by atoms with Gasteiger partial charge in [0.25, 0.3) is 0 Å². The summed E-state index contributed by atoms with van der Waals surface area (Å²) in [5.74, 6) is 0. The minimum absolute atomic E-state index is 0.0230. The van der Waals surface area contributed by atoms with E-state index < -0.39 is 6.10 Å². The number of aliphatic hydroxyl groups is 1. The van der Waals surface area contributed by atoms with Crippen LogP contribution in [0.2, 0.25) is 0 Å². The molecule has 0 aromatic heterocycles. The minimum Gasteiger partial charge on any atom is -0.388 e. The fourth-order valence-corrected chi connectivity index (χ4v) is 2.86. The molecule has 1 fully saturated rings. The summed E-state index contributed by atoms with van der Waals surface area (Å²) in [7, 11) is 0. The summed E-state index contributed by atoms with van der Waals surface area (Å²) < 4.78 is 5.30. The SMILES string of the molecule is O=C(N1CCOCC1)N1CCCC(O)c2ccccc21. The molecule has 108 valence electrons. The van der Waals surface area contributed by atoms with Gasteiger partial charge in [-0.25, -0.2) is 4.79 Å². The highest BCUT2D eigenvalue weighted by Gasteiger charge is 2.28. The molecule has 2 amide bonds. The van der Waals surface area contributed by atoms with E-state index in [4.69, 9.17) is 4.74 Å². The molecule has 0 radical (unpaired) electrons. The molecule has 1 N–H and O–H groups in total. The van der Waals surface area contributed by atoms with E-state index in [1.54, 1.807) is 4.90 Å². The Morgan fingerprint density at radius 1 is 1.20 bits per heavy atom. The van der Waals surface area contributed by atoms with E-state index in [0.717, 1.165) is 17.7 Å². The Balaban J connectivity index is 1.88. The van der Waals surface area contributed by atoms with Gasteiger partial charge in [0.1, 0.15) is 0 Å². The Morgan fingerprint density at radius 3 is 2.75 bits per heavy atom. The predicted octanol–water partition coefficient (Wildman–Crippen LogP) is 1.77. The number of para-hydroxylation sites is 1. The highest BCUT2D eigenvalue weighted by molar-refractivity contribution is 5.93. The maximum absolute atomic E-state index is 12.7. The van der Waals surface area contributed by atoms with Crippen molar-refractivity contribution in [3.63, 3.8) is 0 Å². The lowest BCUT2D eigenvalue weighted by molar-refractivity contribution is 0.0548. The number of carbonyl (C=O) groups is 1. The molecule has 2 heterocycles. The summed E-state index contributed by atoms with van der Waals surface area (Å²) in [4.78, 5) is 16.3. The van der Waals surface area contributed by atoms with Crippen LogP contribution in [0.1, 0.15) is 24.5 Å². The molecule has 2 aliphatic rings. The second-order valence-electron chi connectivity index (χ2n) is 5.25. The number of nitrogens with zero attached hydrogens (tertiary/aromatic N) is 2. The highest BCUT2D eigenvalue weighted by atomic mass is 16.5. The van der Waals surface area contributed by atoms with Gasteiger partial charge in [0, 0.05) is 25.2 Å². The summed E-state index contributed by atoms with van der Waals surface area (Å²) >= 11 is 0. The Labute approximate surface area is 118 Å². The fraction of sp³-hybridized carbons (Fsp3) is 0.533. The van der Waals surface area contributed by atoms with Crippen LogP contribution in [-0.2, 0) is 4.74 Å². The molecule has 0 bridgehead atoms. The topological polar surface area (TPSA) is 53.0 Å². The van der Waals surface area contributed by atoms with Crippen molar-refractivity contribution < 1.29 is 14.6 Å². The monoisotopic (exact) mass is 276 g/mol. The maximum Gasteiger partial charge on any atom is 0.324 e. The predicted molar refractivity (Wildman–Crippen MR) is 75.8 cm³/mol. The van der Waals surface area contributed by atoms with Gasteiger partial charge < -0.3 is 14.7 Å². The second-order valence-corrected chi connectivity index (χ2v) is 5.25. The molecule has 0 aliphatic carbocycles. The highest BCUT2D eigenvalue weighted by Crippen LogP contribution is 2.33. The van der Waals surface area contributed by atoms with Gasteiger partial charge >= 0.3 is 6.03 Å². The fourth-order valence-electron chi connectivity index (χ4n) is 2.86. The average Bonchev–Trinajstić information content (AvgIpc) is 2.67. The molecule has 0 saturated carbocycles. The minimum atomic E-state index is -0.478. The summed E-state index contributed by atoms with van der Waals surface area (Å²) in [5.41, 5.74) is 1.70. The van der Waals surface area contributed by atoms with Gasteiger partial charge in [-0.1, -0.05) is 18.2 Å². The van der Waals surface area contributed by atoms with Crippen molar-refractivity contribution in [1.29, 1.82) is 0 Å². The summed E-state index contributed by atoms with van der Waals surface area (Å²) in [6, 6.07) is 7.67. The number of amides is 2. The van der Waals surface area contributed by atoms with Crippen molar-refractivity contribution in [1.82, 2.24) is 4.90 Å². The van der Waals surface area contributed by atoms with Crippen LogP contribution in [0.25, 0.3) is 0 Å². The van der Waals surface area contributed by atoms with Gasteiger partial charge in [-0.15, -0.1) is 0 Å². The number of hydrogen-bond donors (Lipinski definition) is 1. The standard InChI is InChI=1S/C15H20N2O3/c18-14-6-3-7-17(13-5-2-1-4-12(13)14)15(19)16-8-10-20-11-9-16/h1-2,4-5,14,18H,3,6-11H2. The average molecular weight is 276 g/mol. The molecule has 0 spiro atoms. The number of ether oxygens (including phenoxy) is 1. The van der Waals surface area contributed by atoms with E-state index in [0.29, 0.717) is 39.3 Å². The largest absolute Gasteiger partial charge is 0.388 e. The number of fused-ring (bicyclic) bond motifs is 1. The summed E-state index contributed by atoms with van der Waals surface area (Å²) in [5, 5.41) is 10.2. The molecule has 1 unspecified atom stereocenters. The lowest BCUT2D eigenvalue weighted by atomic mass is 10.0. The molecule has 2 aliphatic heterocycles. The van der Waals surface area contributed by atoms with E-state index >= 15 is 0 Å². The number of benzene rings is 1. The Morgan fingerprint density at radius 2 is 1.95 bits per heavy atom. The number of carbonyl (C=O) groups excluding carboxylic acids is 1. The molecule has 1 aromatic rings. The molecular formula is C15H20N2O3. The van der Waals surface area contributed by atoms with E-state index in [9.17, 15) is 9.90 Å². The van der Waals surface area contributed by atoms with Crippen LogP contribution < -0.4 is 4.90 Å². The normalized spacial score (nSPS) is 23.1. The number of morpholine rings is 1. The van der Waals surface area contributed by atoms with Gasteiger partial charge in [-0.05, 0) is 18.9 Å². The van der Waals surface area contributed by atoms with Crippen molar-refractivity contribution in [2.45, 2.75) is 18.9 Å². The van der Waals surface area contributed by atoms with E-state index in [2.05, 4.69) is 0 Å². The zero-order valence-corrected chi connectivity index (χ0v) is 11.5. The van der Waals surface area contributed by atoms with Crippen molar-refractivity contribution in [3.05, 3.63) is 29.8 Å². The third-order valence-electron chi connectivity index (χ3n) is 3.96. The Bertz CT molecular complexity index is 486. The van der Waals surface area contributed by atoms with Crippen molar-refractivity contribution in [2.75, 3.05) is 37.7 Å². The third-order valence-corrected chi connectivity index (χ3v) is 3.96. The molecule has 5 heteroatoms. The number of urea groups is 1. The molecule has 1 atom stereocenters. The van der Waals surface area contributed by atoms with E-state index in [1.807, 2.05) is 29.2 Å². The molecule has 1 aromatic carbocycles. The zero-order valence-electron chi connectivity index (χ0n) is 11.5. The molecule has 5 nitrogen and oxygen atoms in total. The lowest BCUT2D eigenvalue weighted by Gasteiger charge is -2.33. The first kappa shape index (κ1) is 13.4. The van der Waals surface area contributed by atoms with Gasteiger partial charge in [0.15, 0.2) is 0 Å². The van der Waals surface area contributed by atoms with Gasteiger partial charge in [-0.3, -0.25) is 4.90 Å². The number of rotatable bonds is 0. The Kier molecular flexibility index (Phi) is 3.89. The van der Waals surface area contributed by atoms with Crippen LogP contribution in [0.4, 0.5) is 10.5 Å². The Hall–Kier alpha value is -1.59.